The van der Waals surface area contributed by atoms with Gasteiger partial charge in [0.1, 0.15) is 29.1 Å². The van der Waals surface area contributed by atoms with Crippen molar-refractivity contribution >= 4 is 74.4 Å². The third-order valence-corrected chi connectivity index (χ3v) is 17.1. The fourth-order valence-electron chi connectivity index (χ4n) is 8.70. The van der Waals surface area contributed by atoms with Gasteiger partial charge in [0.2, 0.25) is 0 Å². The predicted octanol–water partition coefficient (Wildman–Crippen LogP) is 14.0. The Bertz CT molecular complexity index is 3230. The van der Waals surface area contributed by atoms with Crippen molar-refractivity contribution in [3.05, 3.63) is 167 Å². The van der Waals surface area contributed by atoms with E-state index in [-0.39, 0.29) is 25.0 Å². The summed E-state index contributed by atoms with van der Waals surface area (Å²) in [5, 5.41) is 18.3. The number of hydrogen-bond acceptors (Lipinski definition) is 14. The molecular formula is C60H61N5O7S4. The van der Waals surface area contributed by atoms with Crippen LogP contribution in [0.5, 0.6) is 11.5 Å². The van der Waals surface area contributed by atoms with Crippen molar-refractivity contribution in [2.24, 2.45) is 0 Å². The SMILES string of the molecule is CN[C@@H](Cc1ccccc1)C(=O)OCCCCCCOc1cc(-c2ccc(-c3cccs3)s2)c(OCCCCCCOC(=O)[C@H](Cc2ccccc2)NC(=O)n2nnc3ccccc32)cc1-c1ccc(-c2cccs2)s1. The molecule has 5 heterocycles. The summed E-state index contributed by atoms with van der Waals surface area (Å²) >= 11 is 6.94. The molecule has 9 aromatic rings. The number of nitrogens with one attached hydrogen (secondary N) is 2. The zero-order valence-corrected chi connectivity index (χ0v) is 45.7. The van der Waals surface area contributed by atoms with Crippen molar-refractivity contribution in [3.8, 4) is 51.9 Å². The molecule has 2 N–H and O–H groups in total. The van der Waals surface area contributed by atoms with Gasteiger partial charge in [-0.25, -0.2) is 9.59 Å². The highest BCUT2D eigenvalue weighted by molar-refractivity contribution is 7.24. The number of carbonyl (C=O) groups excluding carboxylic acids is 3. The summed E-state index contributed by atoms with van der Waals surface area (Å²) in [4.78, 5) is 46.8. The molecule has 1 amide bonds. The highest BCUT2D eigenvalue weighted by Crippen LogP contribution is 2.47. The van der Waals surface area contributed by atoms with Crippen molar-refractivity contribution in [1.29, 1.82) is 0 Å². The van der Waals surface area contributed by atoms with Crippen molar-refractivity contribution < 1.29 is 33.3 Å². The molecule has 0 unspecified atom stereocenters. The predicted molar refractivity (Wildman–Crippen MR) is 308 cm³/mol. The second kappa shape index (κ2) is 27.7. The van der Waals surface area contributed by atoms with Gasteiger partial charge in [-0.2, -0.15) is 4.68 Å². The normalized spacial score (nSPS) is 12.1. The van der Waals surface area contributed by atoms with Gasteiger partial charge in [0, 0.05) is 46.8 Å². The van der Waals surface area contributed by atoms with E-state index in [0.717, 1.165) is 88.5 Å². The average molecular weight is 1090 g/mol. The zero-order valence-electron chi connectivity index (χ0n) is 42.4. The van der Waals surface area contributed by atoms with E-state index in [9.17, 15) is 14.4 Å². The molecule has 9 rings (SSSR count). The number of para-hydroxylation sites is 1. The molecule has 12 nitrogen and oxygen atoms in total. The van der Waals surface area contributed by atoms with Gasteiger partial charge in [-0.05, 0) is 147 Å². The molecule has 0 bridgehead atoms. The first-order valence-corrected chi connectivity index (χ1v) is 29.2. The fourth-order valence-corrected chi connectivity index (χ4v) is 12.4. The summed E-state index contributed by atoms with van der Waals surface area (Å²) in [6.45, 7) is 1.65. The number of esters is 2. The van der Waals surface area contributed by atoms with E-state index in [1.54, 1.807) is 64.5 Å². The van der Waals surface area contributed by atoms with Crippen LogP contribution < -0.4 is 20.1 Å². The van der Waals surface area contributed by atoms with E-state index >= 15 is 0 Å². The number of unbranched alkanes of at least 4 members (excludes halogenated alkanes) is 6. The molecule has 0 saturated heterocycles. The fraction of sp³-hybridized carbons (Fsp3) is 0.283. The number of hydrogen-bond donors (Lipinski definition) is 2. The maximum Gasteiger partial charge on any atom is 0.344 e. The highest BCUT2D eigenvalue weighted by atomic mass is 32.1. The van der Waals surface area contributed by atoms with Gasteiger partial charge in [0.15, 0.2) is 0 Å². The molecule has 0 saturated carbocycles. The molecule has 0 aliphatic rings. The Labute approximate surface area is 459 Å². The summed E-state index contributed by atoms with van der Waals surface area (Å²) in [5.41, 5.74) is 5.08. The van der Waals surface area contributed by atoms with Gasteiger partial charge in [-0.15, -0.1) is 50.4 Å². The van der Waals surface area contributed by atoms with Crippen LogP contribution in [0.4, 0.5) is 4.79 Å². The Balaban J connectivity index is 0.815. The molecule has 0 spiro atoms. The Morgan fingerprint density at radius 2 is 0.987 bits per heavy atom. The number of amides is 1. The second-order valence-corrected chi connectivity index (χ2v) is 22.3. The van der Waals surface area contributed by atoms with Gasteiger partial charge in [-0.3, -0.25) is 4.79 Å². The summed E-state index contributed by atoms with van der Waals surface area (Å²) < 4.78 is 26.1. The van der Waals surface area contributed by atoms with Gasteiger partial charge >= 0.3 is 18.0 Å². The van der Waals surface area contributed by atoms with Crippen LogP contribution in [0.15, 0.2) is 156 Å². The minimum Gasteiger partial charge on any atom is -0.493 e. The number of ether oxygens (including phenoxy) is 4. The summed E-state index contributed by atoms with van der Waals surface area (Å²) in [6.07, 6.45) is 7.52. The second-order valence-electron chi connectivity index (χ2n) is 18.2. The number of carbonyl (C=O) groups is 3. The Morgan fingerprint density at radius 3 is 1.50 bits per heavy atom. The van der Waals surface area contributed by atoms with Crippen molar-refractivity contribution in [2.45, 2.75) is 76.3 Å². The van der Waals surface area contributed by atoms with Crippen LogP contribution in [0.1, 0.15) is 62.5 Å². The minimum atomic E-state index is -0.916. The molecule has 0 aliphatic heterocycles. The van der Waals surface area contributed by atoms with Crippen LogP contribution >= 0.6 is 45.3 Å². The molecule has 0 fully saturated rings. The molecule has 0 radical (unpaired) electrons. The number of nitrogens with zero attached hydrogens (tertiary/aromatic N) is 3. The number of fused-ring (bicyclic) bond motifs is 1. The van der Waals surface area contributed by atoms with E-state index in [1.807, 2.05) is 72.8 Å². The lowest BCUT2D eigenvalue weighted by molar-refractivity contribution is -0.146. The number of benzene rings is 4. The smallest absolute Gasteiger partial charge is 0.344 e. The highest BCUT2D eigenvalue weighted by Gasteiger charge is 2.26. The Kier molecular flexibility index (Phi) is 19.6. The molecule has 76 heavy (non-hydrogen) atoms. The van der Waals surface area contributed by atoms with Crippen LogP contribution in [0.2, 0.25) is 0 Å². The van der Waals surface area contributed by atoms with Crippen LogP contribution in [0.3, 0.4) is 0 Å². The number of likely N-dealkylation sites (N-methyl/N-ethyl adjacent to an activating group) is 1. The minimum absolute atomic E-state index is 0.223. The van der Waals surface area contributed by atoms with Crippen molar-refractivity contribution in [1.82, 2.24) is 25.6 Å². The van der Waals surface area contributed by atoms with Crippen molar-refractivity contribution in [2.75, 3.05) is 33.5 Å². The lowest BCUT2D eigenvalue weighted by atomic mass is 10.1. The molecule has 4 aromatic carbocycles. The molecule has 0 aliphatic carbocycles. The van der Waals surface area contributed by atoms with Crippen molar-refractivity contribution in [3.63, 3.8) is 0 Å². The van der Waals surface area contributed by atoms with Crippen LogP contribution in [0.25, 0.3) is 51.4 Å². The maximum atomic E-state index is 13.5. The first kappa shape index (κ1) is 53.9. The number of aromatic nitrogens is 3. The average Bonchev–Trinajstić information content (AvgIpc) is 4.33. The molecule has 392 valence electrons. The van der Waals surface area contributed by atoms with E-state index in [0.29, 0.717) is 43.7 Å². The largest absolute Gasteiger partial charge is 0.493 e. The first-order chi connectivity index (χ1) is 37.4. The van der Waals surface area contributed by atoms with E-state index in [4.69, 9.17) is 18.9 Å². The monoisotopic (exact) mass is 1090 g/mol. The molecule has 5 aromatic heterocycles. The van der Waals surface area contributed by atoms with Crippen LogP contribution in [0, 0.1) is 0 Å². The van der Waals surface area contributed by atoms with Crippen LogP contribution in [-0.2, 0) is 31.9 Å². The quantitative estimate of drug-likeness (QED) is 0.0359. The van der Waals surface area contributed by atoms with E-state index in [1.165, 1.54) is 24.2 Å². The van der Waals surface area contributed by atoms with Crippen LogP contribution in [-0.4, -0.2) is 78.5 Å². The first-order valence-electron chi connectivity index (χ1n) is 25.8. The van der Waals surface area contributed by atoms with Gasteiger partial charge in [-0.1, -0.05) is 90.1 Å². The lowest BCUT2D eigenvalue weighted by Gasteiger charge is -2.18. The van der Waals surface area contributed by atoms with Gasteiger partial charge in [0.05, 0.1) is 31.9 Å². The standard InChI is InChI=1S/C60H61N5O7S4/c1-61-47(38-42-20-8-6-9-21-42)58(66)71-34-16-4-2-14-32-69-50-40-45(53-29-31-57(76-53)55-27-19-37-74-55)51(41-44(50)52-28-30-56(75-52)54-26-18-36-73-54)70-33-15-3-5-17-35-72-59(67)48(39-43-22-10-7-11-23-43)62-60(68)65-49-25-13-12-24-46(49)63-64-65/h6-13,18-31,36-37,40-41,47-48,61H,2-5,14-17,32-35,38-39H2,1H3,(H,62,68)/t47-,48-/m0/s1. The van der Waals surface area contributed by atoms with Gasteiger partial charge < -0.3 is 29.6 Å². The molecule has 16 heteroatoms. The number of thiophene rings is 4. The lowest BCUT2D eigenvalue weighted by Crippen LogP contribution is -2.45. The Morgan fingerprint density at radius 1 is 0.513 bits per heavy atom. The maximum absolute atomic E-state index is 13.5. The van der Waals surface area contributed by atoms with E-state index in [2.05, 4.69) is 92.4 Å². The molecular weight excluding hydrogens is 1030 g/mol. The summed E-state index contributed by atoms with van der Waals surface area (Å²) in [5.74, 6) is 0.883. The molecule has 2 atom stereocenters. The van der Waals surface area contributed by atoms with Gasteiger partial charge in [0.25, 0.3) is 0 Å². The summed E-state index contributed by atoms with van der Waals surface area (Å²) in [6, 6.07) is 46.3. The van der Waals surface area contributed by atoms with E-state index < -0.39 is 18.0 Å². The Hall–Kier alpha value is -6.95. The zero-order chi connectivity index (χ0) is 52.3. The topological polar surface area (TPSA) is 143 Å². The third kappa shape index (κ3) is 14.7. The number of rotatable bonds is 28. The third-order valence-electron chi connectivity index (χ3n) is 12.8. The summed E-state index contributed by atoms with van der Waals surface area (Å²) in [7, 11) is 1.79.